The second kappa shape index (κ2) is 2.92. The molecule has 0 spiro atoms. The smallest absolute Gasteiger partial charge is 0.194 e. The normalized spacial score (nSPS) is 32.5. The SMILES string of the molecule is CC(C)C1c2ccccc2C(=O)C2OC21. The highest BCUT2D eigenvalue weighted by atomic mass is 16.6. The van der Waals surface area contributed by atoms with Crippen LogP contribution in [0.2, 0.25) is 0 Å². The third-order valence-corrected chi connectivity index (χ3v) is 3.44. The molecule has 2 nitrogen and oxygen atoms in total. The van der Waals surface area contributed by atoms with Crippen molar-refractivity contribution < 1.29 is 9.53 Å². The lowest BCUT2D eigenvalue weighted by molar-refractivity contribution is 0.0952. The number of carbonyl (C=O) groups excluding carboxylic acids is 1. The molecule has 1 fully saturated rings. The summed E-state index contributed by atoms with van der Waals surface area (Å²) in [5, 5.41) is 0. The summed E-state index contributed by atoms with van der Waals surface area (Å²) in [5.41, 5.74) is 2.05. The first-order valence-electron chi connectivity index (χ1n) is 5.48. The molecular weight excluding hydrogens is 188 g/mol. The molecule has 1 aliphatic heterocycles. The van der Waals surface area contributed by atoms with Crippen molar-refractivity contribution in [2.45, 2.75) is 32.0 Å². The number of rotatable bonds is 1. The number of hydrogen-bond acceptors (Lipinski definition) is 2. The molecule has 3 atom stereocenters. The van der Waals surface area contributed by atoms with Crippen molar-refractivity contribution in [2.24, 2.45) is 5.92 Å². The number of epoxide rings is 1. The first kappa shape index (κ1) is 9.10. The standard InChI is InChI=1S/C13H14O2/c1-7(2)10-8-5-3-4-6-9(8)11(14)13-12(10)15-13/h3-7,10,12-13H,1-2H3. The van der Waals surface area contributed by atoms with Crippen LogP contribution in [-0.4, -0.2) is 18.0 Å². The van der Waals surface area contributed by atoms with E-state index >= 15 is 0 Å². The van der Waals surface area contributed by atoms with E-state index in [0.717, 1.165) is 5.56 Å². The molecule has 0 saturated carbocycles. The molecule has 3 rings (SSSR count). The van der Waals surface area contributed by atoms with Crippen LogP contribution in [0.5, 0.6) is 0 Å². The van der Waals surface area contributed by atoms with Crippen molar-refractivity contribution >= 4 is 5.78 Å². The molecule has 2 heteroatoms. The third-order valence-electron chi connectivity index (χ3n) is 3.44. The first-order chi connectivity index (χ1) is 7.20. The Labute approximate surface area is 89.2 Å². The zero-order valence-electron chi connectivity index (χ0n) is 8.94. The molecule has 0 aromatic heterocycles. The van der Waals surface area contributed by atoms with Gasteiger partial charge in [0.05, 0.1) is 6.10 Å². The Kier molecular flexibility index (Phi) is 1.77. The average Bonchev–Trinajstić information content (AvgIpc) is 2.98. The second-order valence-corrected chi connectivity index (χ2v) is 4.74. The molecular formula is C13H14O2. The van der Waals surface area contributed by atoms with Crippen molar-refractivity contribution in [2.75, 3.05) is 0 Å². The van der Waals surface area contributed by atoms with Crippen molar-refractivity contribution in [3.63, 3.8) is 0 Å². The summed E-state index contributed by atoms with van der Waals surface area (Å²) in [5.74, 6) is 1.09. The van der Waals surface area contributed by atoms with Crippen LogP contribution in [0.15, 0.2) is 24.3 Å². The van der Waals surface area contributed by atoms with Crippen molar-refractivity contribution in [3.8, 4) is 0 Å². The molecule has 0 amide bonds. The predicted octanol–water partition coefficient (Wildman–Crippen LogP) is 2.39. The van der Waals surface area contributed by atoms with Gasteiger partial charge >= 0.3 is 0 Å². The van der Waals surface area contributed by atoms with E-state index in [4.69, 9.17) is 4.74 Å². The molecule has 1 aliphatic carbocycles. The van der Waals surface area contributed by atoms with E-state index in [0.29, 0.717) is 11.8 Å². The summed E-state index contributed by atoms with van der Waals surface area (Å²) in [6.45, 7) is 4.38. The molecule has 15 heavy (non-hydrogen) atoms. The molecule has 0 bridgehead atoms. The first-order valence-corrected chi connectivity index (χ1v) is 5.48. The van der Waals surface area contributed by atoms with Crippen molar-refractivity contribution in [1.29, 1.82) is 0 Å². The summed E-state index contributed by atoms with van der Waals surface area (Å²) in [6.07, 6.45) is -0.000278. The Morgan fingerprint density at radius 1 is 1.27 bits per heavy atom. The minimum absolute atomic E-state index is 0.146. The Hall–Kier alpha value is -1.15. The summed E-state index contributed by atoms with van der Waals surface area (Å²) < 4.78 is 5.50. The van der Waals surface area contributed by atoms with E-state index in [1.54, 1.807) is 0 Å². The molecule has 3 unspecified atom stereocenters. The maximum absolute atomic E-state index is 11.9. The number of ketones is 1. The van der Waals surface area contributed by atoms with Crippen molar-refractivity contribution in [3.05, 3.63) is 35.4 Å². The number of hydrogen-bond donors (Lipinski definition) is 0. The maximum atomic E-state index is 11.9. The number of ether oxygens (including phenoxy) is 1. The van der Waals surface area contributed by atoms with Gasteiger partial charge in [-0.15, -0.1) is 0 Å². The lowest BCUT2D eigenvalue weighted by atomic mass is 9.76. The van der Waals surface area contributed by atoms with Crippen LogP contribution < -0.4 is 0 Å². The zero-order valence-corrected chi connectivity index (χ0v) is 8.94. The molecule has 0 radical (unpaired) electrons. The monoisotopic (exact) mass is 202 g/mol. The summed E-state index contributed by atoms with van der Waals surface area (Å²) in [4.78, 5) is 11.9. The Bertz CT molecular complexity index is 422. The molecule has 78 valence electrons. The van der Waals surface area contributed by atoms with Gasteiger partial charge in [-0.2, -0.15) is 0 Å². The van der Waals surface area contributed by atoms with Gasteiger partial charge < -0.3 is 4.74 Å². The third kappa shape index (κ3) is 1.18. The van der Waals surface area contributed by atoms with Crippen LogP contribution in [0.3, 0.4) is 0 Å². The number of carbonyl (C=O) groups is 1. The van der Waals surface area contributed by atoms with Gasteiger partial charge in [-0.1, -0.05) is 38.1 Å². The Morgan fingerprint density at radius 2 is 2.00 bits per heavy atom. The summed E-state index contributed by atoms with van der Waals surface area (Å²) in [7, 11) is 0. The van der Waals surface area contributed by atoms with E-state index in [-0.39, 0.29) is 18.0 Å². The minimum Gasteiger partial charge on any atom is -0.360 e. The van der Waals surface area contributed by atoms with E-state index < -0.39 is 0 Å². The quantitative estimate of drug-likeness (QED) is 0.654. The van der Waals surface area contributed by atoms with Gasteiger partial charge in [-0.3, -0.25) is 4.79 Å². The molecule has 1 aromatic carbocycles. The van der Waals surface area contributed by atoms with Crippen molar-refractivity contribution in [1.82, 2.24) is 0 Å². The fourth-order valence-electron chi connectivity index (χ4n) is 2.69. The molecule has 2 aliphatic rings. The lowest BCUT2D eigenvalue weighted by Crippen LogP contribution is -2.27. The van der Waals surface area contributed by atoms with Gasteiger partial charge in [-0.25, -0.2) is 0 Å². The largest absolute Gasteiger partial charge is 0.360 e. The fraction of sp³-hybridized carbons (Fsp3) is 0.462. The van der Waals surface area contributed by atoms with Gasteiger partial charge in [-0.05, 0) is 11.5 Å². The fourth-order valence-corrected chi connectivity index (χ4v) is 2.69. The summed E-state index contributed by atoms with van der Waals surface area (Å²) >= 11 is 0. The van der Waals surface area contributed by atoms with Crippen LogP contribution in [0.25, 0.3) is 0 Å². The Balaban J connectivity index is 2.14. The molecule has 1 heterocycles. The average molecular weight is 202 g/mol. The van der Waals surface area contributed by atoms with Crippen LogP contribution in [-0.2, 0) is 4.74 Å². The van der Waals surface area contributed by atoms with Crippen LogP contribution in [0.1, 0.15) is 35.7 Å². The zero-order chi connectivity index (χ0) is 10.6. The molecule has 0 N–H and O–H groups in total. The number of benzene rings is 1. The van der Waals surface area contributed by atoms with Crippen LogP contribution in [0.4, 0.5) is 0 Å². The predicted molar refractivity (Wildman–Crippen MR) is 57.0 cm³/mol. The van der Waals surface area contributed by atoms with E-state index in [2.05, 4.69) is 19.9 Å². The lowest BCUT2D eigenvalue weighted by Gasteiger charge is -2.24. The van der Waals surface area contributed by atoms with Gasteiger partial charge in [0, 0.05) is 11.5 Å². The highest BCUT2D eigenvalue weighted by Crippen LogP contribution is 2.47. The van der Waals surface area contributed by atoms with Gasteiger partial charge in [0.1, 0.15) is 6.10 Å². The highest BCUT2D eigenvalue weighted by molar-refractivity contribution is 6.04. The minimum atomic E-state index is -0.146. The molecule has 1 saturated heterocycles. The van der Waals surface area contributed by atoms with Gasteiger partial charge in [0.25, 0.3) is 0 Å². The Morgan fingerprint density at radius 3 is 2.73 bits per heavy atom. The number of fused-ring (bicyclic) bond motifs is 2. The summed E-state index contributed by atoms with van der Waals surface area (Å²) in [6, 6.07) is 7.92. The van der Waals surface area contributed by atoms with Gasteiger partial charge in [0.15, 0.2) is 5.78 Å². The maximum Gasteiger partial charge on any atom is 0.194 e. The van der Waals surface area contributed by atoms with Crippen LogP contribution >= 0.6 is 0 Å². The highest BCUT2D eigenvalue weighted by Gasteiger charge is 2.55. The molecule has 1 aromatic rings. The second-order valence-electron chi connectivity index (χ2n) is 4.74. The van der Waals surface area contributed by atoms with E-state index in [1.807, 2.05) is 18.2 Å². The van der Waals surface area contributed by atoms with E-state index in [1.165, 1.54) is 5.56 Å². The van der Waals surface area contributed by atoms with Crippen LogP contribution in [0, 0.1) is 5.92 Å². The van der Waals surface area contributed by atoms with Gasteiger partial charge in [0.2, 0.25) is 0 Å². The number of Topliss-reactive ketones (excluding diaryl/α,β-unsaturated/α-hetero) is 1. The van der Waals surface area contributed by atoms with E-state index in [9.17, 15) is 4.79 Å². The topological polar surface area (TPSA) is 29.6 Å².